The van der Waals surface area contributed by atoms with Gasteiger partial charge in [-0.2, -0.15) is 0 Å². The second-order valence-electron chi connectivity index (χ2n) is 5.15. The van der Waals surface area contributed by atoms with Crippen molar-refractivity contribution < 1.29 is 9.90 Å². The van der Waals surface area contributed by atoms with Gasteiger partial charge in [-0.25, -0.2) is 0 Å². The van der Waals surface area contributed by atoms with Gasteiger partial charge in [-0.05, 0) is 30.5 Å². The van der Waals surface area contributed by atoms with Crippen LogP contribution in [-0.2, 0) is 10.2 Å². The van der Waals surface area contributed by atoms with Gasteiger partial charge in [-0.1, -0.05) is 48.9 Å². The number of carboxylic acids is 1. The third-order valence-electron chi connectivity index (χ3n) is 3.98. The van der Waals surface area contributed by atoms with E-state index < -0.39 is 11.4 Å². The summed E-state index contributed by atoms with van der Waals surface area (Å²) in [4.78, 5) is 11.9. The summed E-state index contributed by atoms with van der Waals surface area (Å²) in [6, 6.07) is 3.20. The molecule has 0 amide bonds. The molecule has 0 radical (unpaired) electrons. The second-order valence-corrected chi connectivity index (χ2v) is 5.99. The van der Waals surface area contributed by atoms with E-state index in [1.54, 1.807) is 12.1 Å². The molecular formula is C14H17Cl2NO2. The van der Waals surface area contributed by atoms with Crippen LogP contribution in [0, 0.1) is 0 Å². The molecule has 0 spiro atoms. The lowest BCUT2D eigenvalue weighted by Crippen LogP contribution is -2.36. The van der Waals surface area contributed by atoms with E-state index in [1.807, 2.05) is 0 Å². The predicted molar refractivity (Wildman–Crippen MR) is 77.9 cm³/mol. The summed E-state index contributed by atoms with van der Waals surface area (Å²) in [6.07, 6.45) is 5.06. The Balaban J connectivity index is 2.58. The summed E-state index contributed by atoms with van der Waals surface area (Å²) in [5, 5.41) is 10.5. The Morgan fingerprint density at radius 1 is 1.16 bits per heavy atom. The Bertz CT molecular complexity index is 494. The van der Waals surface area contributed by atoms with Gasteiger partial charge < -0.3 is 10.8 Å². The van der Waals surface area contributed by atoms with E-state index >= 15 is 0 Å². The number of rotatable bonds is 2. The fourth-order valence-corrected chi connectivity index (χ4v) is 3.40. The van der Waals surface area contributed by atoms with Gasteiger partial charge in [-0.3, -0.25) is 4.79 Å². The van der Waals surface area contributed by atoms with Crippen molar-refractivity contribution in [2.75, 3.05) is 5.73 Å². The average Bonchev–Trinajstić information content (AvgIpc) is 2.60. The number of halogens is 2. The standard InChI is InChI=1S/C14H17Cl2NO2/c15-9-7-10(12(17)11(16)8-9)14(13(18)19)5-3-1-2-4-6-14/h7-8H,1-6,17H2,(H,18,19). The Morgan fingerprint density at radius 3 is 2.26 bits per heavy atom. The summed E-state index contributed by atoms with van der Waals surface area (Å²) in [7, 11) is 0. The molecule has 1 aliphatic carbocycles. The van der Waals surface area contributed by atoms with Crippen LogP contribution in [0.5, 0.6) is 0 Å². The van der Waals surface area contributed by atoms with Crippen LogP contribution >= 0.6 is 23.2 Å². The lowest BCUT2D eigenvalue weighted by molar-refractivity contribution is -0.144. The van der Waals surface area contributed by atoms with E-state index in [4.69, 9.17) is 28.9 Å². The number of nitrogens with two attached hydrogens (primary N) is 1. The first-order valence-electron chi connectivity index (χ1n) is 6.46. The quantitative estimate of drug-likeness (QED) is 0.634. The monoisotopic (exact) mass is 301 g/mol. The van der Waals surface area contributed by atoms with Crippen LogP contribution in [0.3, 0.4) is 0 Å². The summed E-state index contributed by atoms with van der Waals surface area (Å²) in [5.41, 5.74) is 5.96. The first-order chi connectivity index (χ1) is 8.97. The van der Waals surface area contributed by atoms with Gasteiger partial charge in [0.05, 0.1) is 16.1 Å². The third-order valence-corrected chi connectivity index (χ3v) is 4.51. The highest BCUT2D eigenvalue weighted by Gasteiger charge is 2.42. The van der Waals surface area contributed by atoms with Crippen LogP contribution in [0.4, 0.5) is 5.69 Å². The number of hydrogen-bond acceptors (Lipinski definition) is 2. The fraction of sp³-hybridized carbons (Fsp3) is 0.500. The average molecular weight is 302 g/mol. The van der Waals surface area contributed by atoms with Crippen LogP contribution in [0.25, 0.3) is 0 Å². The van der Waals surface area contributed by atoms with E-state index in [2.05, 4.69) is 0 Å². The van der Waals surface area contributed by atoms with E-state index in [-0.39, 0.29) is 0 Å². The maximum Gasteiger partial charge on any atom is 0.314 e. The molecule has 1 aliphatic rings. The number of hydrogen-bond donors (Lipinski definition) is 2. The van der Waals surface area contributed by atoms with E-state index in [1.165, 1.54) is 0 Å². The summed E-state index contributed by atoms with van der Waals surface area (Å²) < 4.78 is 0. The molecule has 2 rings (SSSR count). The number of carboxylic acid groups (broad SMARTS) is 1. The number of nitrogen functional groups attached to an aromatic ring is 1. The maximum absolute atomic E-state index is 11.9. The van der Waals surface area contributed by atoms with Gasteiger partial charge in [0.15, 0.2) is 0 Å². The van der Waals surface area contributed by atoms with Crippen molar-refractivity contribution in [1.29, 1.82) is 0 Å². The molecule has 0 bridgehead atoms. The van der Waals surface area contributed by atoms with Gasteiger partial charge in [0.1, 0.15) is 0 Å². The molecule has 19 heavy (non-hydrogen) atoms. The Labute approximate surface area is 122 Å². The normalized spacial score (nSPS) is 18.8. The molecule has 0 aliphatic heterocycles. The number of carbonyl (C=O) groups is 1. The van der Waals surface area contributed by atoms with E-state index in [9.17, 15) is 9.90 Å². The van der Waals surface area contributed by atoms with Crippen molar-refractivity contribution in [2.45, 2.75) is 43.9 Å². The topological polar surface area (TPSA) is 63.3 Å². The third kappa shape index (κ3) is 2.67. The SMILES string of the molecule is Nc1c(Cl)cc(Cl)cc1C1(C(=O)O)CCCCCC1. The van der Waals surface area contributed by atoms with Crippen molar-refractivity contribution in [1.82, 2.24) is 0 Å². The highest BCUT2D eigenvalue weighted by Crippen LogP contribution is 2.44. The molecule has 0 atom stereocenters. The Morgan fingerprint density at radius 2 is 1.74 bits per heavy atom. The number of anilines is 1. The molecule has 1 aromatic rings. The molecule has 1 saturated carbocycles. The van der Waals surface area contributed by atoms with E-state index in [0.29, 0.717) is 34.1 Å². The molecule has 5 heteroatoms. The van der Waals surface area contributed by atoms with Gasteiger partial charge in [0, 0.05) is 5.02 Å². The Kier molecular flexibility index (Phi) is 4.26. The molecular weight excluding hydrogens is 285 g/mol. The van der Waals surface area contributed by atoms with Crippen molar-refractivity contribution >= 4 is 34.9 Å². The summed E-state index contributed by atoms with van der Waals surface area (Å²) >= 11 is 12.1. The van der Waals surface area contributed by atoms with Crippen molar-refractivity contribution in [3.8, 4) is 0 Å². The minimum Gasteiger partial charge on any atom is -0.481 e. The largest absolute Gasteiger partial charge is 0.481 e. The first kappa shape index (κ1) is 14.5. The van der Waals surface area contributed by atoms with Crippen LogP contribution in [-0.4, -0.2) is 11.1 Å². The van der Waals surface area contributed by atoms with Crippen LogP contribution < -0.4 is 5.73 Å². The first-order valence-corrected chi connectivity index (χ1v) is 7.21. The molecule has 0 aromatic heterocycles. The molecule has 3 N–H and O–H groups in total. The minimum atomic E-state index is -0.949. The van der Waals surface area contributed by atoms with E-state index in [0.717, 1.165) is 25.7 Å². The fourth-order valence-electron chi connectivity index (χ4n) is 2.91. The smallest absolute Gasteiger partial charge is 0.314 e. The lowest BCUT2D eigenvalue weighted by atomic mass is 9.73. The van der Waals surface area contributed by atoms with Crippen LogP contribution in [0.2, 0.25) is 10.0 Å². The minimum absolute atomic E-state index is 0.326. The molecule has 3 nitrogen and oxygen atoms in total. The zero-order valence-corrected chi connectivity index (χ0v) is 12.1. The number of benzene rings is 1. The van der Waals surface area contributed by atoms with Crippen LogP contribution in [0.1, 0.15) is 44.1 Å². The van der Waals surface area contributed by atoms with Gasteiger partial charge in [0.25, 0.3) is 0 Å². The Hall–Kier alpha value is -0.930. The molecule has 0 unspecified atom stereocenters. The lowest BCUT2D eigenvalue weighted by Gasteiger charge is -2.30. The van der Waals surface area contributed by atoms with Gasteiger partial charge in [-0.15, -0.1) is 0 Å². The highest BCUT2D eigenvalue weighted by molar-refractivity contribution is 6.36. The van der Waals surface area contributed by atoms with Crippen molar-refractivity contribution in [3.05, 3.63) is 27.7 Å². The molecule has 1 aromatic carbocycles. The van der Waals surface area contributed by atoms with Gasteiger partial charge in [0.2, 0.25) is 0 Å². The van der Waals surface area contributed by atoms with Crippen LogP contribution in [0.15, 0.2) is 12.1 Å². The summed E-state index contributed by atoms with van der Waals surface area (Å²) in [5.74, 6) is -0.834. The maximum atomic E-state index is 11.9. The van der Waals surface area contributed by atoms with Gasteiger partial charge >= 0.3 is 5.97 Å². The van der Waals surface area contributed by atoms with Crippen molar-refractivity contribution in [2.24, 2.45) is 0 Å². The summed E-state index contributed by atoms with van der Waals surface area (Å²) in [6.45, 7) is 0. The molecule has 1 fully saturated rings. The zero-order chi connectivity index (χ0) is 14.0. The molecule has 0 heterocycles. The predicted octanol–water partition coefficient (Wildman–Crippen LogP) is 4.25. The number of aliphatic carboxylic acids is 1. The molecule has 0 saturated heterocycles. The highest BCUT2D eigenvalue weighted by atomic mass is 35.5. The molecule has 104 valence electrons. The zero-order valence-electron chi connectivity index (χ0n) is 10.6. The van der Waals surface area contributed by atoms with Crippen molar-refractivity contribution in [3.63, 3.8) is 0 Å². The second kappa shape index (κ2) is 5.59.